The van der Waals surface area contributed by atoms with Gasteiger partial charge in [0.2, 0.25) is 5.91 Å². The molecule has 1 atom stereocenters. The van der Waals surface area contributed by atoms with Crippen LogP contribution in [0.1, 0.15) is 19.8 Å². The Morgan fingerprint density at radius 2 is 2.06 bits per heavy atom. The van der Waals surface area contributed by atoms with Crippen LogP contribution in [0.15, 0.2) is 0 Å². The van der Waals surface area contributed by atoms with Gasteiger partial charge in [0.15, 0.2) is 0 Å². The van der Waals surface area contributed by atoms with Crippen LogP contribution in [0.3, 0.4) is 0 Å². The van der Waals surface area contributed by atoms with Gasteiger partial charge in [0.1, 0.15) is 0 Å². The Morgan fingerprint density at radius 3 is 2.53 bits per heavy atom. The number of nitrogens with zero attached hydrogens (tertiary/aromatic N) is 2. The molecule has 1 aliphatic rings. The van der Waals surface area contributed by atoms with Crippen molar-refractivity contribution in [3.63, 3.8) is 0 Å². The van der Waals surface area contributed by atoms with Crippen LogP contribution in [-0.4, -0.2) is 73.2 Å². The van der Waals surface area contributed by atoms with Crippen molar-refractivity contribution in [2.75, 3.05) is 40.3 Å². The lowest BCUT2D eigenvalue weighted by atomic mass is 10.0. The normalized spacial score (nSPS) is 20.2. The van der Waals surface area contributed by atoms with Crippen molar-refractivity contribution in [2.45, 2.75) is 31.8 Å². The van der Waals surface area contributed by atoms with Gasteiger partial charge in [-0.1, -0.05) is 0 Å². The summed E-state index contributed by atoms with van der Waals surface area (Å²) in [5, 5.41) is 12.4. The van der Waals surface area contributed by atoms with E-state index in [9.17, 15) is 4.79 Å². The quantitative estimate of drug-likeness (QED) is 0.684. The first kappa shape index (κ1) is 14.4. The van der Waals surface area contributed by atoms with Crippen LogP contribution >= 0.6 is 0 Å². The van der Waals surface area contributed by atoms with Crippen molar-refractivity contribution in [1.82, 2.24) is 15.1 Å². The molecule has 0 aromatic heterocycles. The monoisotopic (exact) mass is 243 g/mol. The van der Waals surface area contributed by atoms with Crippen LogP contribution in [0, 0.1) is 0 Å². The maximum atomic E-state index is 11.6. The molecule has 1 aliphatic heterocycles. The van der Waals surface area contributed by atoms with Gasteiger partial charge in [0, 0.05) is 39.3 Å². The Balaban J connectivity index is 2.24. The highest BCUT2D eigenvalue weighted by atomic mass is 16.3. The fourth-order valence-corrected chi connectivity index (χ4v) is 2.05. The zero-order chi connectivity index (χ0) is 12.8. The summed E-state index contributed by atoms with van der Waals surface area (Å²) in [5.74, 6) is 0.167. The van der Waals surface area contributed by atoms with Gasteiger partial charge in [0.25, 0.3) is 0 Å². The molecule has 0 aromatic carbocycles. The molecule has 1 amide bonds. The molecule has 0 saturated carbocycles. The minimum Gasteiger partial charge on any atom is -0.395 e. The van der Waals surface area contributed by atoms with Gasteiger partial charge in [-0.25, -0.2) is 0 Å². The molecule has 100 valence electrons. The highest BCUT2D eigenvalue weighted by Crippen LogP contribution is 2.10. The van der Waals surface area contributed by atoms with Crippen molar-refractivity contribution in [3.05, 3.63) is 0 Å². The van der Waals surface area contributed by atoms with E-state index < -0.39 is 0 Å². The van der Waals surface area contributed by atoms with Gasteiger partial charge in [-0.3, -0.25) is 9.69 Å². The van der Waals surface area contributed by atoms with E-state index in [4.69, 9.17) is 5.11 Å². The number of carbonyl (C=O) groups is 1. The first-order valence-corrected chi connectivity index (χ1v) is 6.32. The standard InChI is InChI=1S/C12H25N3O2/c1-10(9-16)13-11-4-6-15(7-5-11)8-12(17)14(2)3/h10-11,13,16H,4-9H2,1-3H3/t10-/m1/s1. The van der Waals surface area contributed by atoms with Gasteiger partial charge in [0.05, 0.1) is 13.2 Å². The van der Waals surface area contributed by atoms with Gasteiger partial charge < -0.3 is 15.3 Å². The van der Waals surface area contributed by atoms with Crippen molar-refractivity contribution >= 4 is 5.91 Å². The van der Waals surface area contributed by atoms with Crippen molar-refractivity contribution in [1.29, 1.82) is 0 Å². The average Bonchev–Trinajstić information content (AvgIpc) is 2.31. The first-order chi connectivity index (χ1) is 8.02. The second-order valence-corrected chi connectivity index (χ2v) is 5.09. The lowest BCUT2D eigenvalue weighted by Crippen LogP contribution is -2.48. The Kier molecular flexibility index (Phi) is 5.88. The number of likely N-dealkylation sites (N-methyl/N-ethyl adjacent to an activating group) is 1. The number of amides is 1. The van der Waals surface area contributed by atoms with E-state index in [0.29, 0.717) is 12.6 Å². The Morgan fingerprint density at radius 1 is 1.47 bits per heavy atom. The molecule has 1 saturated heterocycles. The Bertz CT molecular complexity index is 238. The Hall–Kier alpha value is -0.650. The predicted octanol–water partition coefficient (Wildman–Crippen LogP) is -0.491. The lowest BCUT2D eigenvalue weighted by molar-refractivity contribution is -0.130. The maximum Gasteiger partial charge on any atom is 0.236 e. The molecule has 2 N–H and O–H groups in total. The third kappa shape index (κ3) is 5.02. The SMILES string of the molecule is C[C@H](CO)NC1CCN(CC(=O)N(C)C)CC1. The molecule has 5 heteroatoms. The molecule has 0 unspecified atom stereocenters. The lowest BCUT2D eigenvalue weighted by Gasteiger charge is -2.33. The predicted molar refractivity (Wildman–Crippen MR) is 67.8 cm³/mol. The topological polar surface area (TPSA) is 55.8 Å². The molecular formula is C12H25N3O2. The molecular weight excluding hydrogens is 218 g/mol. The van der Waals surface area contributed by atoms with Gasteiger partial charge in [-0.2, -0.15) is 0 Å². The molecule has 1 fully saturated rings. The third-order valence-corrected chi connectivity index (χ3v) is 3.24. The highest BCUT2D eigenvalue weighted by molar-refractivity contribution is 5.77. The fourth-order valence-electron chi connectivity index (χ4n) is 2.05. The van der Waals surface area contributed by atoms with E-state index in [-0.39, 0.29) is 18.6 Å². The van der Waals surface area contributed by atoms with Gasteiger partial charge >= 0.3 is 0 Å². The van der Waals surface area contributed by atoms with Gasteiger partial charge in [-0.15, -0.1) is 0 Å². The first-order valence-electron chi connectivity index (χ1n) is 6.32. The zero-order valence-corrected chi connectivity index (χ0v) is 11.1. The van der Waals surface area contributed by atoms with Crippen LogP contribution in [-0.2, 0) is 4.79 Å². The number of aliphatic hydroxyl groups excluding tert-OH is 1. The van der Waals surface area contributed by atoms with Crippen LogP contribution in [0.25, 0.3) is 0 Å². The van der Waals surface area contributed by atoms with Gasteiger partial charge in [-0.05, 0) is 19.8 Å². The van der Waals surface area contributed by atoms with Crippen LogP contribution < -0.4 is 5.32 Å². The van der Waals surface area contributed by atoms with E-state index in [1.165, 1.54) is 0 Å². The second-order valence-electron chi connectivity index (χ2n) is 5.09. The molecule has 0 radical (unpaired) electrons. The summed E-state index contributed by atoms with van der Waals surface area (Å²) < 4.78 is 0. The van der Waals surface area contributed by atoms with E-state index >= 15 is 0 Å². The summed E-state index contributed by atoms with van der Waals surface area (Å²) in [7, 11) is 3.58. The third-order valence-electron chi connectivity index (χ3n) is 3.24. The zero-order valence-electron chi connectivity index (χ0n) is 11.1. The summed E-state index contributed by atoms with van der Waals surface area (Å²) >= 11 is 0. The summed E-state index contributed by atoms with van der Waals surface area (Å²) in [4.78, 5) is 15.4. The summed E-state index contributed by atoms with van der Waals surface area (Å²) in [5.41, 5.74) is 0. The average molecular weight is 243 g/mol. The Labute approximate surface area is 104 Å². The van der Waals surface area contributed by atoms with Crippen molar-refractivity contribution in [3.8, 4) is 0 Å². The molecule has 0 bridgehead atoms. The minimum absolute atomic E-state index is 0.162. The summed E-state index contributed by atoms with van der Waals surface area (Å²) in [6, 6.07) is 0.637. The summed E-state index contributed by atoms with van der Waals surface area (Å²) in [6.45, 7) is 4.60. The van der Waals surface area contributed by atoms with E-state index in [2.05, 4.69) is 10.2 Å². The number of nitrogens with one attached hydrogen (secondary N) is 1. The van der Waals surface area contributed by atoms with Crippen molar-refractivity contribution < 1.29 is 9.90 Å². The van der Waals surface area contributed by atoms with Crippen LogP contribution in [0.4, 0.5) is 0 Å². The molecule has 1 heterocycles. The molecule has 1 rings (SSSR count). The number of likely N-dealkylation sites (tertiary alicyclic amines) is 1. The van der Waals surface area contributed by atoms with E-state index in [0.717, 1.165) is 25.9 Å². The van der Waals surface area contributed by atoms with Crippen molar-refractivity contribution in [2.24, 2.45) is 0 Å². The fraction of sp³-hybridized carbons (Fsp3) is 0.917. The molecule has 0 aliphatic carbocycles. The second kappa shape index (κ2) is 6.93. The number of carbonyl (C=O) groups excluding carboxylic acids is 1. The molecule has 17 heavy (non-hydrogen) atoms. The molecule has 0 spiro atoms. The number of aliphatic hydroxyl groups is 1. The smallest absolute Gasteiger partial charge is 0.236 e. The number of hydrogen-bond acceptors (Lipinski definition) is 4. The molecule has 0 aromatic rings. The number of rotatable bonds is 5. The van der Waals surface area contributed by atoms with E-state index in [1.807, 2.05) is 6.92 Å². The summed E-state index contributed by atoms with van der Waals surface area (Å²) in [6.07, 6.45) is 2.09. The maximum absolute atomic E-state index is 11.6. The van der Waals surface area contributed by atoms with E-state index in [1.54, 1.807) is 19.0 Å². The van der Waals surface area contributed by atoms with Crippen LogP contribution in [0.5, 0.6) is 0 Å². The number of hydrogen-bond donors (Lipinski definition) is 2. The molecule has 5 nitrogen and oxygen atoms in total. The number of piperidine rings is 1. The highest BCUT2D eigenvalue weighted by Gasteiger charge is 2.21. The van der Waals surface area contributed by atoms with Crippen LogP contribution in [0.2, 0.25) is 0 Å². The largest absolute Gasteiger partial charge is 0.395 e. The minimum atomic E-state index is 0.162.